The van der Waals surface area contributed by atoms with Crippen molar-refractivity contribution < 1.29 is 22.7 Å². The smallest absolute Gasteiger partial charge is 0.247 e. The second-order valence-corrected chi connectivity index (χ2v) is 8.15. The van der Waals surface area contributed by atoms with Gasteiger partial charge in [-0.3, -0.25) is 4.79 Å². The quantitative estimate of drug-likeness (QED) is 0.692. The highest BCUT2D eigenvalue weighted by Gasteiger charge is 2.29. The number of amides is 1. The summed E-state index contributed by atoms with van der Waals surface area (Å²) in [7, 11) is -0.994. The Hall–Kier alpha value is -2.58. The molecule has 2 aromatic carbocycles. The number of rotatable bonds is 9. The van der Waals surface area contributed by atoms with E-state index in [-0.39, 0.29) is 23.7 Å². The lowest BCUT2D eigenvalue weighted by Crippen LogP contribution is -2.38. The fourth-order valence-electron chi connectivity index (χ4n) is 2.76. The molecule has 0 unspecified atom stereocenters. The van der Waals surface area contributed by atoms with Crippen molar-refractivity contribution >= 4 is 21.6 Å². The number of aryl methyl sites for hydroxylation is 1. The Morgan fingerprint density at radius 1 is 1.07 bits per heavy atom. The lowest BCUT2D eigenvalue weighted by atomic mass is 10.2. The van der Waals surface area contributed by atoms with E-state index in [0.29, 0.717) is 17.9 Å². The summed E-state index contributed by atoms with van der Waals surface area (Å²) in [5, 5.41) is 2.71. The molecule has 0 atom stereocenters. The van der Waals surface area contributed by atoms with Gasteiger partial charge in [0.15, 0.2) is 0 Å². The fourth-order valence-corrected chi connectivity index (χ4v) is 4.48. The van der Waals surface area contributed by atoms with Gasteiger partial charge in [0.1, 0.15) is 16.4 Å². The number of para-hydroxylation sites is 2. The summed E-state index contributed by atoms with van der Waals surface area (Å²) >= 11 is 0. The molecule has 0 spiro atoms. The number of hydrogen-bond donors (Lipinski definition) is 1. The predicted molar refractivity (Wildman–Crippen MR) is 108 cm³/mol. The highest BCUT2D eigenvalue weighted by Crippen LogP contribution is 2.28. The second-order valence-electron chi connectivity index (χ2n) is 6.24. The number of carbonyl (C=O) groups is 1. The molecule has 1 N–H and O–H groups in total. The first-order valence-electron chi connectivity index (χ1n) is 8.91. The molecule has 7 nitrogen and oxygen atoms in total. The molecule has 0 fully saturated rings. The Labute approximate surface area is 166 Å². The maximum Gasteiger partial charge on any atom is 0.247 e. The lowest BCUT2D eigenvalue weighted by Gasteiger charge is -2.22. The highest BCUT2D eigenvalue weighted by atomic mass is 32.2. The van der Waals surface area contributed by atoms with Gasteiger partial charge in [-0.05, 0) is 43.2 Å². The number of nitrogens with one attached hydrogen (secondary N) is 1. The summed E-state index contributed by atoms with van der Waals surface area (Å²) in [5.74, 6) is 0.297. The Morgan fingerprint density at radius 2 is 1.75 bits per heavy atom. The van der Waals surface area contributed by atoms with E-state index in [1.165, 1.54) is 14.2 Å². The van der Waals surface area contributed by atoms with Crippen molar-refractivity contribution in [2.75, 3.05) is 32.6 Å². The molecule has 0 bridgehead atoms. The summed E-state index contributed by atoms with van der Waals surface area (Å²) < 4.78 is 38.0. The molecule has 8 heteroatoms. The average molecular weight is 407 g/mol. The second kappa shape index (κ2) is 9.57. The number of methoxy groups -OCH3 is 2. The van der Waals surface area contributed by atoms with Gasteiger partial charge >= 0.3 is 0 Å². The molecule has 0 aliphatic heterocycles. The van der Waals surface area contributed by atoms with Gasteiger partial charge < -0.3 is 14.8 Å². The number of hydrogen-bond acceptors (Lipinski definition) is 5. The van der Waals surface area contributed by atoms with Crippen LogP contribution in [0.25, 0.3) is 0 Å². The maximum atomic E-state index is 13.2. The zero-order valence-corrected chi connectivity index (χ0v) is 17.4. The van der Waals surface area contributed by atoms with Crippen LogP contribution in [0.15, 0.2) is 47.4 Å². The number of benzene rings is 2. The van der Waals surface area contributed by atoms with Crippen LogP contribution in [0, 0.1) is 6.92 Å². The summed E-state index contributed by atoms with van der Waals surface area (Å²) in [5.41, 5.74) is 1.27. The van der Waals surface area contributed by atoms with E-state index < -0.39 is 15.9 Å². The number of anilines is 1. The zero-order valence-electron chi connectivity index (χ0n) is 16.6. The molecule has 0 saturated carbocycles. The Balaban J connectivity index is 2.29. The van der Waals surface area contributed by atoms with Crippen molar-refractivity contribution in [2.45, 2.75) is 25.2 Å². The predicted octanol–water partition coefficient (Wildman–Crippen LogP) is 3.05. The standard InChI is InChI=1S/C20H26N2O5S/c1-5-12-22(14-20(23)21-16-8-6-7-9-17(16)26-3)28(24,25)19-13-15(2)10-11-18(19)27-4/h6-11,13H,5,12,14H2,1-4H3,(H,21,23). The summed E-state index contributed by atoms with van der Waals surface area (Å²) in [6.07, 6.45) is 0.565. The van der Waals surface area contributed by atoms with Gasteiger partial charge in [-0.15, -0.1) is 0 Å². The van der Waals surface area contributed by atoms with Crippen molar-refractivity contribution in [2.24, 2.45) is 0 Å². The lowest BCUT2D eigenvalue weighted by molar-refractivity contribution is -0.116. The van der Waals surface area contributed by atoms with Gasteiger partial charge in [0, 0.05) is 6.54 Å². The van der Waals surface area contributed by atoms with Crippen LogP contribution in [0.3, 0.4) is 0 Å². The van der Waals surface area contributed by atoms with Crippen LogP contribution in [0.5, 0.6) is 11.5 Å². The maximum absolute atomic E-state index is 13.2. The van der Waals surface area contributed by atoms with Crippen LogP contribution in [0.2, 0.25) is 0 Å². The minimum Gasteiger partial charge on any atom is -0.495 e. The molecule has 2 rings (SSSR count). The molecule has 152 valence electrons. The SMILES string of the molecule is CCCN(CC(=O)Nc1ccccc1OC)S(=O)(=O)c1cc(C)ccc1OC. The molecule has 1 amide bonds. The van der Waals surface area contributed by atoms with E-state index in [4.69, 9.17) is 9.47 Å². The molecule has 0 heterocycles. The number of ether oxygens (including phenoxy) is 2. The van der Waals surface area contributed by atoms with E-state index >= 15 is 0 Å². The molecule has 2 aromatic rings. The van der Waals surface area contributed by atoms with Gasteiger partial charge in [0.25, 0.3) is 0 Å². The molecule has 0 radical (unpaired) electrons. The van der Waals surface area contributed by atoms with E-state index in [2.05, 4.69) is 5.32 Å². The van der Waals surface area contributed by atoms with Crippen molar-refractivity contribution in [1.82, 2.24) is 4.31 Å². The van der Waals surface area contributed by atoms with Crippen molar-refractivity contribution in [1.29, 1.82) is 0 Å². The third-order valence-electron chi connectivity index (χ3n) is 4.11. The van der Waals surface area contributed by atoms with Crippen LogP contribution < -0.4 is 14.8 Å². The Kier molecular flexibility index (Phi) is 7.42. The van der Waals surface area contributed by atoms with Crippen molar-refractivity contribution in [3.63, 3.8) is 0 Å². The van der Waals surface area contributed by atoms with E-state index in [9.17, 15) is 13.2 Å². The third kappa shape index (κ3) is 5.02. The molecular weight excluding hydrogens is 380 g/mol. The molecule has 28 heavy (non-hydrogen) atoms. The summed E-state index contributed by atoms with van der Waals surface area (Å²) in [6.45, 7) is 3.55. The first-order valence-corrected chi connectivity index (χ1v) is 10.3. The Morgan fingerprint density at radius 3 is 2.39 bits per heavy atom. The van der Waals surface area contributed by atoms with E-state index in [0.717, 1.165) is 9.87 Å². The molecule has 0 aromatic heterocycles. The molecular formula is C20H26N2O5S. The van der Waals surface area contributed by atoms with Crippen LogP contribution in [0.4, 0.5) is 5.69 Å². The first-order chi connectivity index (χ1) is 13.3. The van der Waals surface area contributed by atoms with Crippen LogP contribution in [0.1, 0.15) is 18.9 Å². The minimum absolute atomic E-state index is 0.0496. The normalized spacial score (nSPS) is 11.3. The van der Waals surface area contributed by atoms with Crippen molar-refractivity contribution in [3.05, 3.63) is 48.0 Å². The number of carbonyl (C=O) groups excluding carboxylic acids is 1. The monoisotopic (exact) mass is 406 g/mol. The van der Waals surface area contributed by atoms with Gasteiger partial charge in [0.2, 0.25) is 15.9 Å². The number of sulfonamides is 1. The van der Waals surface area contributed by atoms with Gasteiger partial charge in [-0.25, -0.2) is 8.42 Å². The van der Waals surface area contributed by atoms with Crippen LogP contribution in [-0.4, -0.2) is 45.9 Å². The topological polar surface area (TPSA) is 84.9 Å². The molecule has 0 saturated heterocycles. The fraction of sp³-hybridized carbons (Fsp3) is 0.350. The van der Waals surface area contributed by atoms with Crippen molar-refractivity contribution in [3.8, 4) is 11.5 Å². The molecule has 0 aliphatic carbocycles. The highest BCUT2D eigenvalue weighted by molar-refractivity contribution is 7.89. The Bertz CT molecular complexity index is 928. The van der Waals surface area contributed by atoms with Crippen LogP contribution >= 0.6 is 0 Å². The minimum atomic E-state index is -3.92. The first kappa shape index (κ1) is 21.7. The summed E-state index contributed by atoms with van der Waals surface area (Å²) in [4.78, 5) is 12.6. The summed E-state index contributed by atoms with van der Waals surface area (Å²) in [6, 6.07) is 11.9. The van der Waals surface area contributed by atoms with E-state index in [1.54, 1.807) is 49.4 Å². The largest absolute Gasteiger partial charge is 0.495 e. The van der Waals surface area contributed by atoms with Gasteiger partial charge in [0.05, 0.1) is 26.5 Å². The average Bonchev–Trinajstić information content (AvgIpc) is 2.68. The van der Waals surface area contributed by atoms with E-state index in [1.807, 2.05) is 6.92 Å². The molecule has 0 aliphatic rings. The number of nitrogens with zero attached hydrogens (tertiary/aromatic N) is 1. The van der Waals surface area contributed by atoms with Crippen LogP contribution in [-0.2, 0) is 14.8 Å². The third-order valence-corrected chi connectivity index (χ3v) is 5.98. The zero-order chi connectivity index (χ0) is 20.7. The van der Waals surface area contributed by atoms with Gasteiger partial charge in [-0.2, -0.15) is 4.31 Å². The van der Waals surface area contributed by atoms with Gasteiger partial charge in [-0.1, -0.05) is 25.1 Å².